The van der Waals surface area contributed by atoms with E-state index in [1.165, 1.54) is 44.5 Å². The molecule has 1 heterocycles. The summed E-state index contributed by atoms with van der Waals surface area (Å²) in [6.45, 7) is 6.79. The Morgan fingerprint density at radius 1 is 0.972 bits per heavy atom. The van der Waals surface area contributed by atoms with Gasteiger partial charge < -0.3 is 10.5 Å². The van der Waals surface area contributed by atoms with Crippen molar-refractivity contribution >= 4 is 16.8 Å². The first-order chi connectivity index (χ1) is 17.5. The summed E-state index contributed by atoms with van der Waals surface area (Å²) >= 11 is 0. The average molecular weight is 485 g/mol. The number of anilines is 1. The van der Waals surface area contributed by atoms with Crippen LogP contribution in [-0.4, -0.2) is 37.3 Å². The summed E-state index contributed by atoms with van der Waals surface area (Å²) in [6.07, 6.45) is 4.92. The number of allylic oxidation sites excluding steroid dienone is 1. The number of likely N-dealkylation sites (tertiary alicyclic amines) is 1. The topological polar surface area (TPSA) is 38.5 Å². The van der Waals surface area contributed by atoms with E-state index >= 15 is 0 Å². The minimum Gasteiger partial charge on any atom is -0.489 e. The molecular formula is C32H37FN2O. The van der Waals surface area contributed by atoms with Crippen LogP contribution < -0.4 is 10.5 Å². The highest BCUT2D eigenvalue weighted by atomic mass is 19.1. The molecule has 0 bridgehead atoms. The number of halogens is 1. The van der Waals surface area contributed by atoms with Gasteiger partial charge in [-0.2, -0.15) is 0 Å². The molecule has 1 unspecified atom stereocenters. The van der Waals surface area contributed by atoms with E-state index in [1.807, 2.05) is 6.07 Å². The van der Waals surface area contributed by atoms with E-state index < -0.39 is 0 Å². The van der Waals surface area contributed by atoms with Crippen molar-refractivity contribution in [2.75, 3.05) is 32.0 Å². The van der Waals surface area contributed by atoms with Gasteiger partial charge in [-0.05, 0) is 109 Å². The number of rotatable bonds is 7. The second-order valence-electron chi connectivity index (χ2n) is 10.3. The zero-order valence-corrected chi connectivity index (χ0v) is 21.5. The van der Waals surface area contributed by atoms with Crippen molar-refractivity contribution in [3.05, 3.63) is 94.0 Å². The molecule has 1 saturated heterocycles. The quantitative estimate of drug-likeness (QED) is 0.367. The van der Waals surface area contributed by atoms with Gasteiger partial charge in [-0.25, -0.2) is 0 Å². The lowest BCUT2D eigenvalue weighted by atomic mass is 9.86. The standard InChI is InChI=1S/C32H37FN2O/c1-22-7-13-29(23(2)19-22)31-6-3-5-25-20-26(34)10-14-30(25)32(31)24-8-11-27(12-9-24)36-28-15-18-35(21-28)17-4-16-33/h7-14,19-20,28H,3-6,15-18,21,34H2,1-2H3. The molecule has 2 aliphatic rings. The summed E-state index contributed by atoms with van der Waals surface area (Å²) in [5, 5.41) is 0. The number of ether oxygens (including phenoxy) is 1. The molecule has 0 amide bonds. The lowest BCUT2D eigenvalue weighted by molar-refractivity contribution is 0.198. The second kappa shape index (κ2) is 10.9. The molecule has 0 spiro atoms. The average Bonchev–Trinajstić information content (AvgIpc) is 3.22. The molecule has 36 heavy (non-hydrogen) atoms. The summed E-state index contributed by atoms with van der Waals surface area (Å²) < 4.78 is 18.8. The van der Waals surface area contributed by atoms with Gasteiger partial charge in [0.15, 0.2) is 0 Å². The molecular weight excluding hydrogens is 447 g/mol. The normalized spacial score (nSPS) is 18.2. The van der Waals surface area contributed by atoms with Crippen molar-refractivity contribution in [3.63, 3.8) is 0 Å². The first-order valence-electron chi connectivity index (χ1n) is 13.3. The third-order valence-electron chi connectivity index (χ3n) is 7.56. The molecule has 2 N–H and O–H groups in total. The fraction of sp³-hybridized carbons (Fsp3) is 0.375. The Bertz CT molecular complexity index is 1250. The summed E-state index contributed by atoms with van der Waals surface area (Å²) in [7, 11) is 0. The molecule has 0 aromatic heterocycles. The molecule has 3 nitrogen and oxygen atoms in total. The number of nitrogen functional groups attached to an aromatic ring is 1. The Hall–Kier alpha value is -3.11. The van der Waals surface area contributed by atoms with Crippen molar-refractivity contribution in [1.82, 2.24) is 4.90 Å². The fourth-order valence-corrected chi connectivity index (χ4v) is 5.83. The molecule has 3 aromatic rings. The van der Waals surface area contributed by atoms with E-state index in [4.69, 9.17) is 10.5 Å². The van der Waals surface area contributed by atoms with Crippen LogP contribution in [0.25, 0.3) is 11.1 Å². The lowest BCUT2D eigenvalue weighted by Crippen LogP contribution is -2.26. The largest absolute Gasteiger partial charge is 0.489 e. The zero-order valence-electron chi connectivity index (χ0n) is 21.5. The van der Waals surface area contributed by atoms with E-state index in [0.29, 0.717) is 6.42 Å². The summed E-state index contributed by atoms with van der Waals surface area (Å²) in [5.41, 5.74) is 17.5. The number of nitrogens with zero attached hydrogens (tertiary/aromatic N) is 1. The molecule has 0 radical (unpaired) electrons. The van der Waals surface area contributed by atoms with Gasteiger partial charge in [-0.1, -0.05) is 42.0 Å². The van der Waals surface area contributed by atoms with Gasteiger partial charge in [0, 0.05) is 25.3 Å². The van der Waals surface area contributed by atoms with Gasteiger partial charge in [0.1, 0.15) is 11.9 Å². The molecule has 188 valence electrons. The second-order valence-corrected chi connectivity index (χ2v) is 10.3. The van der Waals surface area contributed by atoms with Gasteiger partial charge >= 0.3 is 0 Å². The van der Waals surface area contributed by atoms with Gasteiger partial charge in [0.25, 0.3) is 0 Å². The van der Waals surface area contributed by atoms with E-state index in [1.54, 1.807) is 0 Å². The van der Waals surface area contributed by atoms with Crippen molar-refractivity contribution in [2.45, 2.75) is 52.1 Å². The zero-order chi connectivity index (χ0) is 25.1. The maximum Gasteiger partial charge on any atom is 0.119 e. The summed E-state index contributed by atoms with van der Waals surface area (Å²) in [4.78, 5) is 2.30. The maximum absolute atomic E-state index is 12.5. The van der Waals surface area contributed by atoms with Crippen LogP contribution in [0, 0.1) is 13.8 Å². The van der Waals surface area contributed by atoms with Crippen molar-refractivity contribution in [3.8, 4) is 5.75 Å². The van der Waals surface area contributed by atoms with E-state index in [9.17, 15) is 4.39 Å². The van der Waals surface area contributed by atoms with E-state index in [-0.39, 0.29) is 12.8 Å². The van der Waals surface area contributed by atoms with E-state index in [2.05, 4.69) is 73.3 Å². The highest BCUT2D eigenvalue weighted by Crippen LogP contribution is 2.41. The molecule has 1 aliphatic heterocycles. The monoisotopic (exact) mass is 484 g/mol. The number of benzene rings is 3. The van der Waals surface area contributed by atoms with E-state index in [0.717, 1.165) is 56.8 Å². The molecule has 0 saturated carbocycles. The van der Waals surface area contributed by atoms with Crippen molar-refractivity contribution < 1.29 is 9.13 Å². The fourth-order valence-electron chi connectivity index (χ4n) is 5.83. The van der Waals surface area contributed by atoms with Crippen LogP contribution in [0.4, 0.5) is 10.1 Å². The maximum atomic E-state index is 12.5. The third-order valence-corrected chi connectivity index (χ3v) is 7.56. The first-order valence-corrected chi connectivity index (χ1v) is 13.3. The number of hydrogen-bond donors (Lipinski definition) is 1. The SMILES string of the molecule is Cc1ccc(C2=C(c3ccc(OC4CCN(CCCF)C4)cc3)c3ccc(N)cc3CCC2)c(C)c1. The highest BCUT2D eigenvalue weighted by Gasteiger charge is 2.24. The van der Waals surface area contributed by atoms with Gasteiger partial charge in [-0.15, -0.1) is 0 Å². The Morgan fingerprint density at radius 2 is 1.78 bits per heavy atom. The van der Waals surface area contributed by atoms with Crippen molar-refractivity contribution in [1.29, 1.82) is 0 Å². The van der Waals surface area contributed by atoms with Crippen LogP contribution in [0.2, 0.25) is 0 Å². The van der Waals surface area contributed by atoms with Crippen LogP contribution in [0.3, 0.4) is 0 Å². The summed E-state index contributed by atoms with van der Waals surface area (Å²) in [6, 6.07) is 21.8. The van der Waals surface area contributed by atoms with Crippen molar-refractivity contribution in [2.24, 2.45) is 0 Å². The van der Waals surface area contributed by atoms with Crippen LogP contribution in [0.5, 0.6) is 5.75 Å². The van der Waals surface area contributed by atoms with Gasteiger partial charge in [-0.3, -0.25) is 9.29 Å². The van der Waals surface area contributed by atoms with Crippen LogP contribution in [0.1, 0.15) is 59.1 Å². The first kappa shape index (κ1) is 24.6. The van der Waals surface area contributed by atoms with Crippen LogP contribution in [-0.2, 0) is 6.42 Å². The van der Waals surface area contributed by atoms with Gasteiger partial charge in [0.05, 0.1) is 6.67 Å². The number of aryl methyl sites for hydroxylation is 3. The number of nitrogens with two attached hydrogens (primary N) is 1. The Balaban J connectivity index is 1.49. The minimum absolute atomic E-state index is 0.169. The molecule has 1 fully saturated rings. The molecule has 3 aromatic carbocycles. The molecule has 1 aliphatic carbocycles. The minimum atomic E-state index is -0.251. The Kier molecular flexibility index (Phi) is 7.43. The third kappa shape index (κ3) is 5.34. The summed E-state index contributed by atoms with van der Waals surface area (Å²) in [5.74, 6) is 0.899. The smallest absolute Gasteiger partial charge is 0.119 e. The predicted molar refractivity (Wildman–Crippen MR) is 148 cm³/mol. The molecule has 5 rings (SSSR count). The Morgan fingerprint density at radius 3 is 2.56 bits per heavy atom. The number of hydrogen-bond acceptors (Lipinski definition) is 3. The predicted octanol–water partition coefficient (Wildman–Crippen LogP) is 6.99. The molecule has 4 heteroatoms. The number of fused-ring (bicyclic) bond motifs is 1. The van der Waals surface area contributed by atoms with Gasteiger partial charge in [0.2, 0.25) is 0 Å². The number of alkyl halides is 1. The molecule has 1 atom stereocenters. The van der Waals surface area contributed by atoms with Crippen LogP contribution >= 0.6 is 0 Å². The Labute approximate surface area is 214 Å². The lowest BCUT2D eigenvalue weighted by Gasteiger charge is -2.19. The highest BCUT2D eigenvalue weighted by molar-refractivity contribution is 6.00. The van der Waals surface area contributed by atoms with Crippen LogP contribution in [0.15, 0.2) is 60.7 Å².